The Bertz CT molecular complexity index is 488. The fourth-order valence-corrected chi connectivity index (χ4v) is 2.06. The van der Waals surface area contributed by atoms with Gasteiger partial charge in [0.1, 0.15) is 5.82 Å². The molecule has 0 spiro atoms. The number of amides is 1. The van der Waals surface area contributed by atoms with Gasteiger partial charge in [-0.15, -0.1) is 0 Å². The molecule has 1 heterocycles. The maximum atomic E-state index is 13.5. The highest BCUT2D eigenvalue weighted by Crippen LogP contribution is 2.17. The molecule has 0 atom stereocenters. The Labute approximate surface area is 108 Å². The minimum absolute atomic E-state index is 0.0544. The highest BCUT2D eigenvalue weighted by molar-refractivity contribution is 5.65. The van der Waals surface area contributed by atoms with Crippen LogP contribution in [0.15, 0.2) is 12.1 Å². The maximum Gasteiger partial charge on any atom is 0.407 e. The van der Waals surface area contributed by atoms with Gasteiger partial charge in [0.05, 0.1) is 0 Å². The van der Waals surface area contributed by atoms with E-state index in [4.69, 9.17) is 5.11 Å². The van der Waals surface area contributed by atoms with Crippen molar-refractivity contribution in [3.63, 3.8) is 0 Å². The second-order valence-corrected chi connectivity index (χ2v) is 4.41. The molecule has 1 aromatic rings. The Morgan fingerprint density at radius 1 is 1.16 bits per heavy atom. The van der Waals surface area contributed by atoms with E-state index in [0.29, 0.717) is 32.2 Å². The number of benzene rings is 1. The van der Waals surface area contributed by atoms with Crippen LogP contribution in [0, 0.1) is 17.5 Å². The second kappa shape index (κ2) is 5.48. The molecule has 104 valence electrons. The lowest BCUT2D eigenvalue weighted by Crippen LogP contribution is -2.47. The van der Waals surface area contributed by atoms with Crippen LogP contribution in [-0.4, -0.2) is 47.2 Å². The summed E-state index contributed by atoms with van der Waals surface area (Å²) in [6.45, 7) is 1.48. The molecular weight excluding hydrogens is 261 g/mol. The van der Waals surface area contributed by atoms with E-state index in [1.54, 1.807) is 4.90 Å². The highest BCUT2D eigenvalue weighted by Gasteiger charge is 2.22. The van der Waals surface area contributed by atoms with Crippen LogP contribution < -0.4 is 0 Å². The van der Waals surface area contributed by atoms with Gasteiger partial charge in [0, 0.05) is 44.4 Å². The first kappa shape index (κ1) is 13.7. The molecule has 0 unspecified atom stereocenters. The summed E-state index contributed by atoms with van der Waals surface area (Å²) < 4.78 is 39.5. The van der Waals surface area contributed by atoms with Crippen LogP contribution in [0.2, 0.25) is 0 Å². The number of hydrogen-bond acceptors (Lipinski definition) is 2. The largest absolute Gasteiger partial charge is 0.465 e. The molecule has 1 aliphatic heterocycles. The van der Waals surface area contributed by atoms with E-state index in [1.807, 2.05) is 0 Å². The summed E-state index contributed by atoms with van der Waals surface area (Å²) in [4.78, 5) is 13.7. The number of rotatable bonds is 2. The first-order chi connectivity index (χ1) is 8.97. The summed E-state index contributed by atoms with van der Waals surface area (Å²) in [5.74, 6) is -3.08. The van der Waals surface area contributed by atoms with Crippen LogP contribution in [0.1, 0.15) is 5.56 Å². The van der Waals surface area contributed by atoms with Crippen molar-refractivity contribution in [2.24, 2.45) is 0 Å². The predicted octanol–water partition coefficient (Wildman–Crippen LogP) is 1.90. The van der Waals surface area contributed by atoms with Crippen LogP contribution in [0.3, 0.4) is 0 Å². The van der Waals surface area contributed by atoms with E-state index < -0.39 is 23.5 Å². The van der Waals surface area contributed by atoms with Crippen molar-refractivity contribution >= 4 is 6.09 Å². The smallest absolute Gasteiger partial charge is 0.407 e. The molecule has 1 aliphatic rings. The van der Waals surface area contributed by atoms with Gasteiger partial charge < -0.3 is 10.0 Å². The Morgan fingerprint density at radius 3 is 2.37 bits per heavy atom. The van der Waals surface area contributed by atoms with E-state index in [9.17, 15) is 18.0 Å². The normalized spacial score (nSPS) is 16.7. The topological polar surface area (TPSA) is 43.8 Å². The van der Waals surface area contributed by atoms with Gasteiger partial charge in [-0.2, -0.15) is 0 Å². The van der Waals surface area contributed by atoms with Crippen LogP contribution in [-0.2, 0) is 6.54 Å². The molecule has 1 saturated heterocycles. The van der Waals surface area contributed by atoms with E-state index in [1.165, 1.54) is 4.90 Å². The van der Waals surface area contributed by atoms with Crippen LogP contribution in [0.5, 0.6) is 0 Å². The van der Waals surface area contributed by atoms with Crippen molar-refractivity contribution in [1.82, 2.24) is 9.80 Å². The minimum Gasteiger partial charge on any atom is -0.465 e. The summed E-state index contributed by atoms with van der Waals surface area (Å²) in [5.41, 5.74) is -0.0544. The first-order valence-electron chi connectivity index (χ1n) is 5.81. The van der Waals surface area contributed by atoms with E-state index in [-0.39, 0.29) is 12.1 Å². The number of nitrogens with zero attached hydrogens (tertiary/aromatic N) is 2. The Hall–Kier alpha value is -1.76. The maximum absolute atomic E-state index is 13.5. The molecule has 1 aromatic carbocycles. The lowest BCUT2D eigenvalue weighted by atomic mass is 10.1. The summed E-state index contributed by atoms with van der Waals surface area (Å²) in [7, 11) is 0. The fraction of sp³-hybridized carbons (Fsp3) is 0.417. The standard InChI is InChI=1S/C12H13F3N2O2/c13-9-5-8(11(15)10(14)6-9)7-16-1-3-17(4-2-16)12(18)19/h5-6H,1-4,7H2,(H,18,19). The summed E-state index contributed by atoms with van der Waals surface area (Å²) >= 11 is 0. The third kappa shape index (κ3) is 3.17. The van der Waals surface area contributed by atoms with Crippen molar-refractivity contribution < 1.29 is 23.1 Å². The van der Waals surface area contributed by atoms with E-state index >= 15 is 0 Å². The average Bonchev–Trinajstić information content (AvgIpc) is 2.36. The molecule has 0 aromatic heterocycles. The van der Waals surface area contributed by atoms with Gasteiger partial charge in [-0.1, -0.05) is 0 Å². The minimum atomic E-state index is -1.21. The van der Waals surface area contributed by atoms with Gasteiger partial charge in [-0.3, -0.25) is 4.90 Å². The van der Waals surface area contributed by atoms with Crippen molar-refractivity contribution in [1.29, 1.82) is 0 Å². The van der Waals surface area contributed by atoms with Gasteiger partial charge in [0.25, 0.3) is 0 Å². The molecule has 1 fully saturated rings. The summed E-state index contributed by atoms with van der Waals surface area (Å²) in [6, 6.07) is 1.46. The van der Waals surface area contributed by atoms with Crippen LogP contribution >= 0.6 is 0 Å². The number of halogens is 3. The Kier molecular flexibility index (Phi) is 3.94. The predicted molar refractivity (Wildman–Crippen MR) is 61.2 cm³/mol. The molecule has 0 saturated carbocycles. The second-order valence-electron chi connectivity index (χ2n) is 4.41. The molecule has 0 radical (unpaired) electrons. The van der Waals surface area contributed by atoms with E-state index in [2.05, 4.69) is 0 Å². The quantitative estimate of drug-likeness (QED) is 0.838. The average molecular weight is 274 g/mol. The SMILES string of the molecule is O=C(O)N1CCN(Cc2cc(F)cc(F)c2F)CC1. The molecule has 1 amide bonds. The zero-order valence-electron chi connectivity index (χ0n) is 10.1. The van der Waals surface area contributed by atoms with E-state index in [0.717, 1.165) is 6.07 Å². The molecule has 7 heteroatoms. The zero-order chi connectivity index (χ0) is 14.0. The van der Waals surface area contributed by atoms with Gasteiger partial charge in [0.15, 0.2) is 11.6 Å². The van der Waals surface area contributed by atoms with Crippen molar-refractivity contribution in [2.75, 3.05) is 26.2 Å². The highest BCUT2D eigenvalue weighted by atomic mass is 19.2. The number of carboxylic acid groups (broad SMARTS) is 1. The molecule has 4 nitrogen and oxygen atoms in total. The molecule has 19 heavy (non-hydrogen) atoms. The number of piperazine rings is 1. The summed E-state index contributed by atoms with van der Waals surface area (Å²) in [5, 5.41) is 8.78. The third-order valence-electron chi connectivity index (χ3n) is 3.11. The van der Waals surface area contributed by atoms with Crippen LogP contribution in [0.25, 0.3) is 0 Å². The lowest BCUT2D eigenvalue weighted by molar-refractivity contribution is 0.102. The molecule has 2 rings (SSSR count). The molecule has 0 aliphatic carbocycles. The van der Waals surface area contributed by atoms with Gasteiger partial charge in [0.2, 0.25) is 0 Å². The molecular formula is C12H13F3N2O2. The third-order valence-corrected chi connectivity index (χ3v) is 3.11. The van der Waals surface area contributed by atoms with Gasteiger partial charge >= 0.3 is 6.09 Å². The van der Waals surface area contributed by atoms with Gasteiger partial charge in [-0.05, 0) is 6.07 Å². The molecule has 1 N–H and O–H groups in total. The number of carbonyl (C=O) groups is 1. The number of hydrogen-bond donors (Lipinski definition) is 1. The van der Waals surface area contributed by atoms with Crippen LogP contribution in [0.4, 0.5) is 18.0 Å². The zero-order valence-corrected chi connectivity index (χ0v) is 10.1. The summed E-state index contributed by atoms with van der Waals surface area (Å²) in [6.07, 6.45) is -0.998. The van der Waals surface area contributed by atoms with Crippen molar-refractivity contribution in [3.8, 4) is 0 Å². The first-order valence-corrected chi connectivity index (χ1v) is 5.81. The molecule has 0 bridgehead atoms. The Balaban J connectivity index is 2.01. The fourth-order valence-electron chi connectivity index (χ4n) is 2.06. The van der Waals surface area contributed by atoms with Gasteiger partial charge in [-0.25, -0.2) is 18.0 Å². The monoisotopic (exact) mass is 274 g/mol. The Morgan fingerprint density at radius 2 is 1.79 bits per heavy atom. The lowest BCUT2D eigenvalue weighted by Gasteiger charge is -2.33. The van der Waals surface area contributed by atoms with Crippen molar-refractivity contribution in [2.45, 2.75) is 6.54 Å². The van der Waals surface area contributed by atoms with Crippen molar-refractivity contribution in [3.05, 3.63) is 35.1 Å².